The van der Waals surface area contributed by atoms with Crippen LogP contribution in [-0.2, 0) is 15.3 Å². The predicted octanol–water partition coefficient (Wildman–Crippen LogP) is 4.98. The van der Waals surface area contributed by atoms with Crippen LogP contribution in [0.15, 0.2) is 30.3 Å². The smallest absolute Gasteiger partial charge is 0.332 e. The van der Waals surface area contributed by atoms with Crippen LogP contribution in [0.2, 0.25) is 13.1 Å². The summed E-state index contributed by atoms with van der Waals surface area (Å²) >= 11 is 0. The highest BCUT2D eigenvalue weighted by Gasteiger charge is 2.36. The van der Waals surface area contributed by atoms with Crippen LogP contribution in [0.1, 0.15) is 38.0 Å². The molecular formula is C19H26O3Si. The molecule has 0 aromatic heterocycles. The average molecular weight is 331 g/mol. The minimum atomic E-state index is -2.21. The molecule has 0 aliphatic heterocycles. The predicted molar refractivity (Wildman–Crippen MR) is 96.4 cm³/mol. The summed E-state index contributed by atoms with van der Waals surface area (Å²) in [6.45, 7) is 10.5. The summed E-state index contributed by atoms with van der Waals surface area (Å²) in [5.74, 6) is 0.925. The summed E-state index contributed by atoms with van der Waals surface area (Å²) in [4.78, 5) is 0. The number of rotatable bonds is 4. The van der Waals surface area contributed by atoms with Crippen molar-refractivity contribution in [1.82, 2.24) is 0 Å². The van der Waals surface area contributed by atoms with E-state index < -0.39 is 8.56 Å². The Balaban J connectivity index is 1.94. The van der Waals surface area contributed by atoms with Crippen LogP contribution in [0, 0.1) is 0 Å². The third-order valence-electron chi connectivity index (χ3n) is 4.07. The zero-order valence-corrected chi connectivity index (χ0v) is 15.9. The van der Waals surface area contributed by atoms with Crippen LogP contribution in [0.4, 0.5) is 0 Å². The van der Waals surface area contributed by atoms with Gasteiger partial charge in [-0.15, -0.1) is 0 Å². The Kier molecular flexibility index (Phi) is 4.03. The first-order chi connectivity index (χ1) is 10.7. The monoisotopic (exact) mass is 330 g/mol. The molecule has 2 aromatic rings. The molecule has 0 fully saturated rings. The molecule has 2 aromatic carbocycles. The van der Waals surface area contributed by atoms with Gasteiger partial charge in [0, 0.05) is 11.8 Å². The number of hydrogen-bond acceptors (Lipinski definition) is 3. The minimum absolute atomic E-state index is 0.0739. The van der Waals surface area contributed by atoms with Crippen LogP contribution in [0.3, 0.4) is 0 Å². The van der Waals surface area contributed by atoms with Crippen molar-refractivity contribution < 1.29 is 13.6 Å². The molecule has 23 heavy (non-hydrogen) atoms. The lowest BCUT2D eigenvalue weighted by Crippen LogP contribution is -2.43. The van der Waals surface area contributed by atoms with Gasteiger partial charge in [-0.1, -0.05) is 24.3 Å². The molecule has 0 amide bonds. The lowest BCUT2D eigenvalue weighted by molar-refractivity contribution is 0.0483. The Morgan fingerprint density at radius 1 is 1.09 bits per heavy atom. The number of hydrogen-bond donors (Lipinski definition) is 0. The summed E-state index contributed by atoms with van der Waals surface area (Å²) in [5.41, 5.74) is 2.41. The summed E-state index contributed by atoms with van der Waals surface area (Å²) in [6.07, 6.45) is 0.980. The van der Waals surface area contributed by atoms with E-state index in [0.29, 0.717) is 0 Å². The maximum Gasteiger partial charge on any atom is 0.332 e. The van der Waals surface area contributed by atoms with Gasteiger partial charge in [0.15, 0.2) is 0 Å². The van der Waals surface area contributed by atoms with Gasteiger partial charge in [0.05, 0.1) is 18.8 Å². The van der Waals surface area contributed by atoms with Gasteiger partial charge in [-0.05, 0) is 56.4 Å². The van der Waals surface area contributed by atoms with Crippen LogP contribution >= 0.6 is 0 Å². The van der Waals surface area contributed by atoms with E-state index in [0.717, 1.165) is 12.2 Å². The summed E-state index contributed by atoms with van der Waals surface area (Å²) in [7, 11) is -0.490. The van der Waals surface area contributed by atoms with Gasteiger partial charge >= 0.3 is 8.56 Å². The van der Waals surface area contributed by atoms with E-state index in [1.807, 2.05) is 0 Å². The molecule has 0 saturated carbocycles. The van der Waals surface area contributed by atoms with Crippen molar-refractivity contribution in [2.24, 2.45) is 0 Å². The van der Waals surface area contributed by atoms with E-state index in [2.05, 4.69) is 64.2 Å². The second kappa shape index (κ2) is 5.62. The van der Waals surface area contributed by atoms with Gasteiger partial charge in [0.1, 0.15) is 5.75 Å². The molecule has 0 saturated heterocycles. The molecular weight excluding hydrogens is 304 g/mol. The SMILES string of the molecule is COc1ccc2c3c(cccc13)C(O[Si](C)(C)OC(C)(C)C)C2. The highest BCUT2D eigenvalue weighted by Crippen LogP contribution is 2.43. The fourth-order valence-corrected chi connectivity index (χ4v) is 6.04. The van der Waals surface area contributed by atoms with Crippen molar-refractivity contribution in [2.45, 2.75) is 52.0 Å². The Hall–Kier alpha value is -1.36. The van der Waals surface area contributed by atoms with Crippen molar-refractivity contribution in [3.8, 4) is 5.75 Å². The van der Waals surface area contributed by atoms with Crippen LogP contribution in [0.5, 0.6) is 5.75 Å². The lowest BCUT2D eigenvalue weighted by atomic mass is 10.0. The second-order valence-corrected chi connectivity index (χ2v) is 10.9. The molecule has 124 valence electrons. The molecule has 0 radical (unpaired) electrons. The average Bonchev–Trinajstić information content (AvgIpc) is 2.76. The van der Waals surface area contributed by atoms with E-state index >= 15 is 0 Å². The van der Waals surface area contributed by atoms with Crippen LogP contribution < -0.4 is 4.74 Å². The molecule has 0 N–H and O–H groups in total. The van der Waals surface area contributed by atoms with E-state index in [1.165, 1.54) is 21.9 Å². The van der Waals surface area contributed by atoms with Crippen molar-refractivity contribution in [2.75, 3.05) is 7.11 Å². The normalized spacial score (nSPS) is 17.7. The van der Waals surface area contributed by atoms with Crippen molar-refractivity contribution in [3.63, 3.8) is 0 Å². The molecule has 1 unspecified atom stereocenters. The molecule has 0 bridgehead atoms. The van der Waals surface area contributed by atoms with Gasteiger partial charge in [0.25, 0.3) is 0 Å². The molecule has 3 rings (SSSR count). The quantitative estimate of drug-likeness (QED) is 0.740. The lowest BCUT2D eigenvalue weighted by Gasteiger charge is -2.34. The van der Waals surface area contributed by atoms with Gasteiger partial charge in [-0.25, -0.2) is 0 Å². The van der Waals surface area contributed by atoms with E-state index in [1.54, 1.807) is 7.11 Å². The topological polar surface area (TPSA) is 27.7 Å². The molecule has 0 heterocycles. The fourth-order valence-electron chi connectivity index (χ4n) is 3.62. The summed E-state index contributed by atoms with van der Waals surface area (Å²) < 4.78 is 18.2. The maximum absolute atomic E-state index is 6.50. The fraction of sp³-hybridized carbons (Fsp3) is 0.474. The van der Waals surface area contributed by atoms with Gasteiger partial charge < -0.3 is 13.6 Å². The van der Waals surface area contributed by atoms with Crippen molar-refractivity contribution in [1.29, 1.82) is 0 Å². The first-order valence-electron chi connectivity index (χ1n) is 8.17. The molecule has 1 atom stereocenters. The van der Waals surface area contributed by atoms with E-state index in [9.17, 15) is 0 Å². The molecule has 1 aliphatic rings. The maximum atomic E-state index is 6.50. The molecule has 3 nitrogen and oxygen atoms in total. The number of benzene rings is 2. The first kappa shape index (κ1) is 16.5. The highest BCUT2D eigenvalue weighted by atomic mass is 28.4. The molecule has 0 spiro atoms. The third kappa shape index (κ3) is 3.30. The highest BCUT2D eigenvalue weighted by molar-refractivity contribution is 6.64. The summed E-state index contributed by atoms with van der Waals surface area (Å²) in [6, 6.07) is 10.6. The Morgan fingerprint density at radius 3 is 2.48 bits per heavy atom. The van der Waals surface area contributed by atoms with Crippen molar-refractivity contribution >= 4 is 19.3 Å². The number of ether oxygens (including phenoxy) is 1. The zero-order valence-electron chi connectivity index (χ0n) is 14.9. The molecule has 4 heteroatoms. The Labute approximate surface area is 139 Å². The van der Waals surface area contributed by atoms with Gasteiger partial charge in [-0.2, -0.15) is 0 Å². The molecule has 1 aliphatic carbocycles. The van der Waals surface area contributed by atoms with Gasteiger partial charge in [-0.3, -0.25) is 0 Å². The Bertz CT molecular complexity index is 731. The van der Waals surface area contributed by atoms with Crippen molar-refractivity contribution in [3.05, 3.63) is 41.5 Å². The van der Waals surface area contributed by atoms with E-state index in [4.69, 9.17) is 13.6 Å². The summed E-state index contributed by atoms with van der Waals surface area (Å²) in [5, 5.41) is 2.46. The van der Waals surface area contributed by atoms with E-state index in [-0.39, 0.29) is 11.7 Å². The van der Waals surface area contributed by atoms with Crippen LogP contribution in [0.25, 0.3) is 10.8 Å². The first-order valence-corrected chi connectivity index (χ1v) is 11.0. The van der Waals surface area contributed by atoms with Crippen LogP contribution in [-0.4, -0.2) is 21.3 Å². The van der Waals surface area contributed by atoms with Gasteiger partial charge in [0.2, 0.25) is 0 Å². The third-order valence-corrected chi connectivity index (χ3v) is 6.03. The Morgan fingerprint density at radius 2 is 1.83 bits per heavy atom. The standard InChI is InChI=1S/C19H26O3Si/c1-19(2,3)22-23(5,6)21-17-12-13-10-11-16(20-4)14-8-7-9-15(17)18(13)14/h7-11,17H,12H2,1-6H3. The zero-order chi connectivity index (χ0) is 16.8. The second-order valence-electron chi connectivity index (χ2n) is 7.62. The minimum Gasteiger partial charge on any atom is -0.496 e. The largest absolute Gasteiger partial charge is 0.496 e. The number of methoxy groups -OCH3 is 1.